The van der Waals surface area contributed by atoms with E-state index in [0.717, 1.165) is 81.6 Å². The molecule has 1 atom stereocenters. The van der Waals surface area contributed by atoms with Gasteiger partial charge in [0.05, 0.1) is 5.56 Å². The molecular formula is C23H35N3O2. The van der Waals surface area contributed by atoms with E-state index in [-0.39, 0.29) is 17.7 Å². The number of anilines is 2. The van der Waals surface area contributed by atoms with Gasteiger partial charge in [-0.05, 0) is 56.7 Å². The predicted molar refractivity (Wildman–Crippen MR) is 115 cm³/mol. The molecule has 0 spiro atoms. The summed E-state index contributed by atoms with van der Waals surface area (Å²) < 4.78 is 0. The molecule has 0 aliphatic carbocycles. The van der Waals surface area contributed by atoms with Crippen molar-refractivity contribution in [2.75, 3.05) is 36.4 Å². The van der Waals surface area contributed by atoms with Crippen molar-refractivity contribution in [1.82, 2.24) is 4.90 Å². The molecule has 2 amide bonds. The van der Waals surface area contributed by atoms with Crippen LogP contribution in [0, 0.1) is 5.92 Å². The monoisotopic (exact) mass is 385 g/mol. The summed E-state index contributed by atoms with van der Waals surface area (Å²) in [5.74, 6) is 0.217. The van der Waals surface area contributed by atoms with Gasteiger partial charge < -0.3 is 15.1 Å². The van der Waals surface area contributed by atoms with Crippen molar-refractivity contribution in [2.45, 2.75) is 65.2 Å². The molecule has 3 rings (SSSR count). The molecule has 5 heteroatoms. The van der Waals surface area contributed by atoms with Crippen molar-refractivity contribution < 1.29 is 9.59 Å². The van der Waals surface area contributed by atoms with Crippen molar-refractivity contribution in [3.05, 3.63) is 23.8 Å². The molecule has 154 valence electrons. The highest BCUT2D eigenvalue weighted by molar-refractivity contribution is 6.02. The molecule has 1 N–H and O–H groups in total. The van der Waals surface area contributed by atoms with E-state index in [9.17, 15) is 9.59 Å². The number of likely N-dealkylation sites (tertiary alicyclic amines) is 1. The van der Waals surface area contributed by atoms with Crippen molar-refractivity contribution in [3.8, 4) is 0 Å². The van der Waals surface area contributed by atoms with E-state index in [1.165, 1.54) is 12.8 Å². The summed E-state index contributed by atoms with van der Waals surface area (Å²) in [6.45, 7) is 7.89. The van der Waals surface area contributed by atoms with Crippen molar-refractivity contribution >= 4 is 23.2 Å². The lowest BCUT2D eigenvalue weighted by atomic mass is 9.98. The van der Waals surface area contributed by atoms with E-state index < -0.39 is 0 Å². The third-order valence-electron chi connectivity index (χ3n) is 6.10. The van der Waals surface area contributed by atoms with Crippen LogP contribution in [0.25, 0.3) is 0 Å². The molecular weight excluding hydrogens is 350 g/mol. The minimum atomic E-state index is 0.0379. The summed E-state index contributed by atoms with van der Waals surface area (Å²) >= 11 is 0. The molecule has 0 unspecified atom stereocenters. The topological polar surface area (TPSA) is 52.7 Å². The van der Waals surface area contributed by atoms with Gasteiger partial charge in [0.2, 0.25) is 5.91 Å². The normalized spacial score (nSPS) is 17.8. The lowest BCUT2D eigenvalue weighted by Crippen LogP contribution is -2.30. The average molecular weight is 386 g/mol. The van der Waals surface area contributed by atoms with Crippen LogP contribution in [0.15, 0.2) is 18.2 Å². The second-order valence-corrected chi connectivity index (χ2v) is 8.16. The third kappa shape index (κ3) is 4.86. The predicted octanol–water partition coefficient (Wildman–Crippen LogP) is 4.68. The van der Waals surface area contributed by atoms with E-state index in [1.807, 2.05) is 23.1 Å². The van der Waals surface area contributed by atoms with E-state index >= 15 is 0 Å². The average Bonchev–Trinajstić information content (AvgIpc) is 3.42. The zero-order valence-electron chi connectivity index (χ0n) is 17.5. The lowest BCUT2D eigenvalue weighted by Gasteiger charge is -2.25. The number of carbonyl (C=O) groups is 2. The van der Waals surface area contributed by atoms with Gasteiger partial charge in [-0.3, -0.25) is 9.59 Å². The molecule has 2 saturated heterocycles. The van der Waals surface area contributed by atoms with Crippen LogP contribution in [0.2, 0.25) is 0 Å². The molecule has 2 heterocycles. The molecule has 2 aliphatic rings. The summed E-state index contributed by atoms with van der Waals surface area (Å²) in [5.41, 5.74) is 2.50. The van der Waals surface area contributed by atoms with Crippen LogP contribution in [0.4, 0.5) is 11.4 Å². The number of rotatable bonds is 8. The zero-order chi connectivity index (χ0) is 19.9. The third-order valence-corrected chi connectivity index (χ3v) is 6.10. The van der Waals surface area contributed by atoms with E-state index in [1.54, 1.807) is 0 Å². The van der Waals surface area contributed by atoms with E-state index in [4.69, 9.17) is 0 Å². The molecule has 2 aliphatic heterocycles. The summed E-state index contributed by atoms with van der Waals surface area (Å²) in [4.78, 5) is 30.2. The first-order chi connectivity index (χ1) is 13.6. The highest BCUT2D eigenvalue weighted by Gasteiger charge is 2.26. The number of unbranched alkanes of at least 4 members (excludes halogenated alkanes) is 1. The molecule has 1 aromatic carbocycles. The Hall–Kier alpha value is -2.04. The van der Waals surface area contributed by atoms with Gasteiger partial charge in [0.15, 0.2) is 0 Å². The molecule has 0 aromatic heterocycles. The molecule has 5 nitrogen and oxygen atoms in total. The number of nitrogens with zero attached hydrogens (tertiary/aromatic N) is 2. The van der Waals surface area contributed by atoms with Crippen LogP contribution in [0.1, 0.15) is 75.6 Å². The van der Waals surface area contributed by atoms with Crippen LogP contribution in [-0.2, 0) is 4.79 Å². The lowest BCUT2D eigenvalue weighted by molar-refractivity contribution is -0.120. The fourth-order valence-electron chi connectivity index (χ4n) is 4.32. The van der Waals surface area contributed by atoms with Gasteiger partial charge in [0.25, 0.3) is 5.91 Å². The Morgan fingerprint density at radius 1 is 1.04 bits per heavy atom. The van der Waals surface area contributed by atoms with Gasteiger partial charge in [0.1, 0.15) is 0 Å². The largest absolute Gasteiger partial charge is 0.371 e. The Labute approximate surface area is 169 Å². The second-order valence-electron chi connectivity index (χ2n) is 8.16. The number of nitrogens with one attached hydrogen (secondary N) is 1. The first kappa shape index (κ1) is 20.7. The molecule has 2 fully saturated rings. The van der Waals surface area contributed by atoms with Gasteiger partial charge in [-0.2, -0.15) is 0 Å². The van der Waals surface area contributed by atoms with Crippen LogP contribution < -0.4 is 10.2 Å². The second kappa shape index (κ2) is 9.94. The van der Waals surface area contributed by atoms with Crippen LogP contribution in [0.5, 0.6) is 0 Å². The van der Waals surface area contributed by atoms with Crippen LogP contribution in [-0.4, -0.2) is 42.9 Å². The van der Waals surface area contributed by atoms with Crippen LogP contribution in [0.3, 0.4) is 0 Å². The molecule has 0 saturated carbocycles. The number of carbonyl (C=O) groups excluding carboxylic acids is 2. The maximum absolute atomic E-state index is 13.2. The maximum Gasteiger partial charge on any atom is 0.256 e. The van der Waals surface area contributed by atoms with Gasteiger partial charge in [-0.25, -0.2) is 0 Å². The Morgan fingerprint density at radius 3 is 2.36 bits per heavy atom. The Balaban J connectivity index is 1.81. The van der Waals surface area contributed by atoms with Gasteiger partial charge >= 0.3 is 0 Å². The summed E-state index contributed by atoms with van der Waals surface area (Å²) in [7, 11) is 0. The first-order valence-corrected chi connectivity index (χ1v) is 11.1. The highest BCUT2D eigenvalue weighted by Crippen LogP contribution is 2.30. The highest BCUT2D eigenvalue weighted by atomic mass is 16.2. The minimum Gasteiger partial charge on any atom is -0.371 e. The number of amides is 2. The van der Waals surface area contributed by atoms with E-state index in [2.05, 4.69) is 24.1 Å². The molecule has 1 aromatic rings. The van der Waals surface area contributed by atoms with Crippen LogP contribution >= 0.6 is 0 Å². The van der Waals surface area contributed by atoms with Gasteiger partial charge in [-0.15, -0.1) is 0 Å². The Bertz CT molecular complexity index is 676. The van der Waals surface area contributed by atoms with Crippen molar-refractivity contribution in [3.63, 3.8) is 0 Å². The Kier molecular flexibility index (Phi) is 7.35. The SMILES string of the molecule is CCCC[C@@H](CC)C(=O)Nc1ccc(N2CCCC2)c(C(=O)N2CCCC2)c1. The van der Waals surface area contributed by atoms with Gasteiger partial charge in [0, 0.05) is 43.5 Å². The zero-order valence-corrected chi connectivity index (χ0v) is 17.5. The van der Waals surface area contributed by atoms with E-state index in [0.29, 0.717) is 0 Å². The minimum absolute atomic E-state index is 0.0379. The first-order valence-electron chi connectivity index (χ1n) is 11.1. The summed E-state index contributed by atoms with van der Waals surface area (Å²) in [6, 6.07) is 5.88. The Morgan fingerprint density at radius 2 is 1.71 bits per heavy atom. The number of hydrogen-bond acceptors (Lipinski definition) is 3. The molecule has 0 bridgehead atoms. The smallest absolute Gasteiger partial charge is 0.256 e. The fourth-order valence-corrected chi connectivity index (χ4v) is 4.32. The number of benzene rings is 1. The van der Waals surface area contributed by atoms with Gasteiger partial charge in [-0.1, -0.05) is 26.7 Å². The van der Waals surface area contributed by atoms with Crippen molar-refractivity contribution in [1.29, 1.82) is 0 Å². The molecule has 28 heavy (non-hydrogen) atoms. The quantitative estimate of drug-likeness (QED) is 0.707. The maximum atomic E-state index is 13.2. The summed E-state index contributed by atoms with van der Waals surface area (Å²) in [5, 5.41) is 3.08. The molecule has 0 radical (unpaired) electrons. The van der Waals surface area contributed by atoms with Crippen molar-refractivity contribution in [2.24, 2.45) is 5.92 Å². The standard InChI is InChI=1S/C23H35N3O2/c1-3-5-10-18(4-2)22(27)24-19-11-12-21(25-13-6-7-14-25)20(17-19)23(28)26-15-8-9-16-26/h11-12,17-18H,3-10,13-16H2,1-2H3,(H,24,27)/t18-/m1/s1. The summed E-state index contributed by atoms with van der Waals surface area (Å²) in [6.07, 6.45) is 8.44. The number of hydrogen-bond donors (Lipinski definition) is 1. The fraction of sp³-hybridized carbons (Fsp3) is 0.652.